The van der Waals surface area contributed by atoms with Crippen LogP contribution in [0.2, 0.25) is 0 Å². The molecule has 0 bridgehead atoms. The zero-order chi connectivity index (χ0) is 14.9. The molecular weight excluding hydrogens is 274 g/mol. The summed E-state index contributed by atoms with van der Waals surface area (Å²) in [5, 5.41) is 4.26. The first-order valence-electron chi connectivity index (χ1n) is 6.42. The van der Waals surface area contributed by atoms with Crippen molar-refractivity contribution in [1.82, 2.24) is 9.78 Å². The highest BCUT2D eigenvalue weighted by Crippen LogP contribution is 2.23. The Morgan fingerprint density at radius 1 is 1.30 bits per heavy atom. The molecule has 6 heteroatoms. The third-order valence-electron chi connectivity index (χ3n) is 3.03. The van der Waals surface area contributed by atoms with Crippen molar-refractivity contribution in [2.24, 2.45) is 0 Å². The molecule has 0 saturated heterocycles. The normalized spacial score (nSPS) is 12.0. The van der Waals surface area contributed by atoms with Gasteiger partial charge in [-0.3, -0.25) is 4.68 Å². The minimum Gasteiger partial charge on any atom is -0.398 e. The molecule has 1 heterocycles. The van der Waals surface area contributed by atoms with Gasteiger partial charge in [0.2, 0.25) is 0 Å². The molecular formula is C14H19N3O2S. The average Bonchev–Trinajstić information content (AvgIpc) is 2.76. The van der Waals surface area contributed by atoms with Crippen LogP contribution < -0.4 is 5.73 Å². The van der Waals surface area contributed by atoms with Gasteiger partial charge < -0.3 is 5.73 Å². The number of aromatic nitrogens is 2. The highest BCUT2D eigenvalue weighted by molar-refractivity contribution is 7.90. The molecule has 0 fully saturated rings. The fraction of sp³-hybridized carbons (Fsp3) is 0.357. The lowest BCUT2D eigenvalue weighted by molar-refractivity contribution is 0.527. The Hall–Kier alpha value is -1.82. The maximum atomic E-state index is 12.4. The Morgan fingerprint density at radius 2 is 2.00 bits per heavy atom. The molecule has 0 saturated carbocycles. The Morgan fingerprint density at radius 3 is 2.55 bits per heavy atom. The predicted molar refractivity (Wildman–Crippen MR) is 79.1 cm³/mol. The molecule has 1 aromatic carbocycles. The van der Waals surface area contributed by atoms with E-state index in [9.17, 15) is 8.42 Å². The van der Waals surface area contributed by atoms with Crippen LogP contribution in [0.5, 0.6) is 0 Å². The third-order valence-corrected chi connectivity index (χ3v) is 4.75. The lowest BCUT2D eigenvalue weighted by Crippen LogP contribution is -2.09. The monoisotopic (exact) mass is 293 g/mol. The van der Waals surface area contributed by atoms with Crippen LogP contribution in [-0.2, 0) is 15.6 Å². The van der Waals surface area contributed by atoms with E-state index >= 15 is 0 Å². The summed E-state index contributed by atoms with van der Waals surface area (Å²) in [5.41, 5.74) is 7.56. The van der Waals surface area contributed by atoms with E-state index in [0.717, 1.165) is 5.56 Å². The summed E-state index contributed by atoms with van der Waals surface area (Å²) in [6.45, 7) is 5.85. The van der Waals surface area contributed by atoms with Crippen molar-refractivity contribution in [2.45, 2.75) is 37.5 Å². The Labute approximate surface area is 119 Å². The van der Waals surface area contributed by atoms with Crippen LogP contribution in [0.25, 0.3) is 0 Å². The van der Waals surface area contributed by atoms with Crippen LogP contribution in [-0.4, -0.2) is 18.2 Å². The van der Waals surface area contributed by atoms with Crippen LogP contribution in [0.4, 0.5) is 5.69 Å². The van der Waals surface area contributed by atoms with Gasteiger partial charge in [0.25, 0.3) is 0 Å². The largest absolute Gasteiger partial charge is 0.398 e. The second kappa shape index (κ2) is 5.28. The summed E-state index contributed by atoms with van der Waals surface area (Å²) in [4.78, 5) is 0.169. The van der Waals surface area contributed by atoms with Crippen LogP contribution in [0.1, 0.15) is 31.1 Å². The van der Waals surface area contributed by atoms with E-state index in [1.54, 1.807) is 35.1 Å². The summed E-state index contributed by atoms with van der Waals surface area (Å²) < 4.78 is 26.5. The zero-order valence-corrected chi connectivity index (χ0v) is 12.7. The van der Waals surface area contributed by atoms with Gasteiger partial charge in [-0.1, -0.05) is 6.07 Å². The molecule has 0 radical (unpaired) electrons. The average molecular weight is 293 g/mol. The Bertz CT molecular complexity index is 718. The molecule has 0 unspecified atom stereocenters. The van der Waals surface area contributed by atoms with Gasteiger partial charge in [-0.15, -0.1) is 0 Å². The molecule has 2 rings (SSSR count). The molecule has 0 atom stereocenters. The first-order valence-corrected chi connectivity index (χ1v) is 8.08. The van der Waals surface area contributed by atoms with Crippen molar-refractivity contribution in [1.29, 1.82) is 0 Å². The lowest BCUT2D eigenvalue weighted by atomic mass is 10.2. The van der Waals surface area contributed by atoms with Crippen molar-refractivity contribution in [3.63, 3.8) is 0 Å². The lowest BCUT2D eigenvalue weighted by Gasteiger charge is -2.07. The maximum Gasteiger partial charge on any atom is 0.186 e. The van der Waals surface area contributed by atoms with E-state index in [4.69, 9.17) is 5.73 Å². The van der Waals surface area contributed by atoms with Crippen molar-refractivity contribution in [2.75, 3.05) is 5.73 Å². The summed E-state index contributed by atoms with van der Waals surface area (Å²) in [6.07, 6.45) is 1.79. The zero-order valence-electron chi connectivity index (χ0n) is 11.9. The fourth-order valence-corrected chi connectivity index (χ4v) is 3.36. The molecule has 1 aromatic heterocycles. The van der Waals surface area contributed by atoms with Gasteiger partial charge in [0.1, 0.15) is 0 Å². The van der Waals surface area contributed by atoms with E-state index in [1.807, 2.05) is 20.8 Å². The first kappa shape index (κ1) is 14.6. The van der Waals surface area contributed by atoms with Gasteiger partial charge in [0, 0.05) is 12.2 Å². The van der Waals surface area contributed by atoms with E-state index < -0.39 is 9.84 Å². The predicted octanol–water partition coefficient (Wildman–Crippen LogP) is 2.33. The second-order valence-electron chi connectivity index (χ2n) is 5.18. The van der Waals surface area contributed by atoms with Crippen molar-refractivity contribution >= 4 is 15.5 Å². The van der Waals surface area contributed by atoms with Crippen molar-refractivity contribution in [3.05, 3.63) is 41.7 Å². The molecule has 0 spiro atoms. The van der Waals surface area contributed by atoms with E-state index in [-0.39, 0.29) is 22.4 Å². The number of nitrogen functional groups attached to an aromatic ring is 1. The van der Waals surface area contributed by atoms with E-state index in [2.05, 4.69) is 5.10 Å². The molecule has 0 aliphatic carbocycles. The number of benzene rings is 1. The summed E-state index contributed by atoms with van der Waals surface area (Å²) in [7, 11) is -3.47. The smallest absolute Gasteiger partial charge is 0.186 e. The van der Waals surface area contributed by atoms with Gasteiger partial charge in [-0.2, -0.15) is 5.10 Å². The minimum absolute atomic E-state index is 0.139. The van der Waals surface area contributed by atoms with Crippen LogP contribution >= 0.6 is 0 Å². The SMILES string of the molecule is Cc1ccc(S(=O)(=O)Cc2ccn(C(C)C)n2)c(N)c1. The van der Waals surface area contributed by atoms with Crippen molar-refractivity contribution < 1.29 is 8.42 Å². The van der Waals surface area contributed by atoms with Crippen molar-refractivity contribution in [3.8, 4) is 0 Å². The number of aryl methyl sites for hydroxylation is 1. The maximum absolute atomic E-state index is 12.4. The van der Waals surface area contributed by atoms with Gasteiger partial charge in [-0.25, -0.2) is 8.42 Å². The molecule has 0 aliphatic heterocycles. The second-order valence-corrected chi connectivity index (χ2v) is 7.14. The molecule has 20 heavy (non-hydrogen) atoms. The quantitative estimate of drug-likeness (QED) is 0.878. The minimum atomic E-state index is -3.47. The summed E-state index contributed by atoms with van der Waals surface area (Å²) >= 11 is 0. The molecule has 0 amide bonds. The van der Waals surface area contributed by atoms with Gasteiger partial charge >= 0.3 is 0 Å². The van der Waals surface area contributed by atoms with Crippen LogP contribution in [0.3, 0.4) is 0 Å². The number of hydrogen-bond donors (Lipinski definition) is 1. The Balaban J connectivity index is 2.30. The standard InChI is InChI=1S/C14H19N3O2S/c1-10(2)17-7-6-12(16-17)9-20(18,19)14-5-4-11(3)8-13(14)15/h4-8,10H,9,15H2,1-3H3. The number of rotatable bonds is 4. The molecule has 2 aromatic rings. The summed E-state index contributed by atoms with van der Waals surface area (Å²) in [5.74, 6) is -0.139. The summed E-state index contributed by atoms with van der Waals surface area (Å²) in [6, 6.07) is 6.90. The first-order chi connectivity index (χ1) is 9.29. The topological polar surface area (TPSA) is 78.0 Å². The van der Waals surface area contributed by atoms with E-state index in [1.165, 1.54) is 0 Å². The van der Waals surface area contributed by atoms with Crippen LogP contribution in [0, 0.1) is 6.92 Å². The molecule has 0 aliphatic rings. The number of sulfone groups is 1. The molecule has 2 N–H and O–H groups in total. The van der Waals surface area contributed by atoms with Crippen LogP contribution in [0.15, 0.2) is 35.4 Å². The number of nitrogens with two attached hydrogens (primary N) is 1. The highest BCUT2D eigenvalue weighted by atomic mass is 32.2. The van der Waals surface area contributed by atoms with Gasteiger partial charge in [0.15, 0.2) is 9.84 Å². The molecule has 108 valence electrons. The number of hydrogen-bond acceptors (Lipinski definition) is 4. The number of nitrogens with zero attached hydrogens (tertiary/aromatic N) is 2. The molecule has 5 nitrogen and oxygen atoms in total. The van der Waals surface area contributed by atoms with E-state index in [0.29, 0.717) is 5.69 Å². The highest BCUT2D eigenvalue weighted by Gasteiger charge is 2.20. The van der Waals surface area contributed by atoms with Gasteiger partial charge in [0.05, 0.1) is 22.0 Å². The third kappa shape index (κ3) is 3.01. The van der Waals surface area contributed by atoms with Gasteiger partial charge in [-0.05, 0) is 44.5 Å². The Kier molecular flexibility index (Phi) is 3.85. The number of anilines is 1. The fourth-order valence-electron chi connectivity index (χ4n) is 1.97.